The third-order valence-electron chi connectivity index (χ3n) is 2.48. The summed E-state index contributed by atoms with van der Waals surface area (Å²) in [6.45, 7) is 1.09. The van der Waals surface area contributed by atoms with E-state index >= 15 is 0 Å². The Balaban J connectivity index is 1.97. The van der Waals surface area contributed by atoms with Crippen LogP contribution in [0.4, 0.5) is 0 Å². The van der Waals surface area contributed by atoms with E-state index < -0.39 is 10.0 Å². The van der Waals surface area contributed by atoms with Gasteiger partial charge in [-0.25, -0.2) is 13.6 Å². The molecule has 0 aliphatic carbocycles. The maximum absolute atomic E-state index is 11.2. The first-order valence-corrected chi connectivity index (χ1v) is 7.18. The standard InChI is InChI=1S/C12H14N4O2S/c13-19(17,18)12-3-1-2-10(6-12)7-15-9-11-8-14-4-5-16-11/h1-6,8,15H,7,9H2,(H2,13,17,18). The summed E-state index contributed by atoms with van der Waals surface area (Å²) in [6.07, 6.45) is 4.91. The highest BCUT2D eigenvalue weighted by Crippen LogP contribution is 2.09. The zero-order valence-corrected chi connectivity index (χ0v) is 11.0. The second-order valence-electron chi connectivity index (χ2n) is 3.99. The van der Waals surface area contributed by atoms with Gasteiger partial charge in [-0.15, -0.1) is 0 Å². The van der Waals surface area contributed by atoms with E-state index in [1.165, 1.54) is 6.07 Å². The molecule has 0 aliphatic rings. The minimum Gasteiger partial charge on any atom is -0.307 e. The molecule has 3 N–H and O–H groups in total. The van der Waals surface area contributed by atoms with Gasteiger partial charge in [0.2, 0.25) is 10.0 Å². The molecule has 6 nitrogen and oxygen atoms in total. The Labute approximate surface area is 111 Å². The second kappa shape index (κ2) is 5.87. The smallest absolute Gasteiger partial charge is 0.238 e. The maximum Gasteiger partial charge on any atom is 0.238 e. The number of sulfonamides is 1. The van der Waals surface area contributed by atoms with Crippen LogP contribution in [0.25, 0.3) is 0 Å². The number of nitrogens with two attached hydrogens (primary N) is 1. The van der Waals surface area contributed by atoms with Crippen molar-refractivity contribution in [3.8, 4) is 0 Å². The molecule has 2 aromatic rings. The maximum atomic E-state index is 11.2. The highest BCUT2D eigenvalue weighted by Gasteiger charge is 2.07. The zero-order valence-electron chi connectivity index (χ0n) is 10.2. The predicted molar refractivity (Wildman–Crippen MR) is 70.4 cm³/mol. The highest BCUT2D eigenvalue weighted by molar-refractivity contribution is 7.89. The van der Waals surface area contributed by atoms with Crippen molar-refractivity contribution in [3.05, 3.63) is 54.1 Å². The Morgan fingerprint density at radius 2 is 2.05 bits per heavy atom. The van der Waals surface area contributed by atoms with Crippen LogP contribution in [0.5, 0.6) is 0 Å². The van der Waals surface area contributed by atoms with Crippen molar-refractivity contribution >= 4 is 10.0 Å². The van der Waals surface area contributed by atoms with Gasteiger partial charge in [-0.2, -0.15) is 0 Å². The van der Waals surface area contributed by atoms with Crippen LogP contribution in [0.15, 0.2) is 47.8 Å². The van der Waals surface area contributed by atoms with Crippen molar-refractivity contribution in [2.45, 2.75) is 18.0 Å². The SMILES string of the molecule is NS(=O)(=O)c1cccc(CNCc2cnccn2)c1. The van der Waals surface area contributed by atoms with Crippen molar-refractivity contribution < 1.29 is 8.42 Å². The van der Waals surface area contributed by atoms with Crippen LogP contribution in [0.3, 0.4) is 0 Å². The first-order chi connectivity index (χ1) is 9.05. The zero-order chi connectivity index (χ0) is 13.7. The summed E-state index contributed by atoms with van der Waals surface area (Å²) in [7, 11) is -3.65. The van der Waals surface area contributed by atoms with Crippen LogP contribution in [0, 0.1) is 0 Å². The number of nitrogens with zero attached hydrogens (tertiary/aromatic N) is 2. The Kier molecular flexibility index (Phi) is 4.20. The summed E-state index contributed by atoms with van der Waals surface area (Å²) < 4.78 is 22.4. The average molecular weight is 278 g/mol. The van der Waals surface area contributed by atoms with E-state index in [4.69, 9.17) is 5.14 Å². The van der Waals surface area contributed by atoms with E-state index in [0.29, 0.717) is 13.1 Å². The molecule has 0 saturated carbocycles. The minimum atomic E-state index is -3.65. The summed E-state index contributed by atoms with van der Waals surface area (Å²) in [4.78, 5) is 8.20. The summed E-state index contributed by atoms with van der Waals surface area (Å²) in [5.41, 5.74) is 1.67. The van der Waals surface area contributed by atoms with Crippen molar-refractivity contribution in [1.82, 2.24) is 15.3 Å². The van der Waals surface area contributed by atoms with Gasteiger partial charge < -0.3 is 5.32 Å². The Bertz CT molecular complexity index is 644. The number of aromatic nitrogens is 2. The number of primary sulfonamides is 1. The molecule has 100 valence electrons. The monoisotopic (exact) mass is 278 g/mol. The van der Waals surface area contributed by atoms with Gasteiger partial charge in [-0.05, 0) is 17.7 Å². The molecule has 0 atom stereocenters. The lowest BCUT2D eigenvalue weighted by molar-refractivity contribution is 0.597. The first-order valence-electron chi connectivity index (χ1n) is 5.63. The van der Waals surface area contributed by atoms with E-state index in [0.717, 1.165) is 11.3 Å². The molecule has 0 radical (unpaired) electrons. The molecule has 1 aromatic carbocycles. The Morgan fingerprint density at radius 1 is 1.21 bits per heavy atom. The molecule has 0 spiro atoms. The predicted octanol–water partition coefficient (Wildman–Crippen LogP) is 0.414. The van der Waals surface area contributed by atoms with Crippen LogP contribution in [0.1, 0.15) is 11.3 Å². The van der Waals surface area contributed by atoms with Gasteiger partial charge in [0.05, 0.1) is 10.6 Å². The van der Waals surface area contributed by atoms with Crippen molar-refractivity contribution in [3.63, 3.8) is 0 Å². The summed E-state index contributed by atoms with van der Waals surface area (Å²) in [5, 5.41) is 8.24. The van der Waals surface area contributed by atoms with Gasteiger partial charge in [0, 0.05) is 31.7 Å². The molecule has 1 heterocycles. The van der Waals surface area contributed by atoms with Crippen LogP contribution in [-0.2, 0) is 23.1 Å². The first kappa shape index (κ1) is 13.6. The quantitative estimate of drug-likeness (QED) is 0.825. The Hall–Kier alpha value is -1.83. The van der Waals surface area contributed by atoms with Gasteiger partial charge in [0.1, 0.15) is 0 Å². The van der Waals surface area contributed by atoms with Crippen LogP contribution in [-0.4, -0.2) is 18.4 Å². The van der Waals surface area contributed by atoms with E-state index in [-0.39, 0.29) is 4.90 Å². The highest BCUT2D eigenvalue weighted by atomic mass is 32.2. The largest absolute Gasteiger partial charge is 0.307 e. The van der Waals surface area contributed by atoms with Crippen molar-refractivity contribution in [1.29, 1.82) is 0 Å². The van der Waals surface area contributed by atoms with E-state index in [2.05, 4.69) is 15.3 Å². The lowest BCUT2D eigenvalue weighted by Gasteiger charge is -2.05. The van der Waals surface area contributed by atoms with Crippen LogP contribution < -0.4 is 10.5 Å². The number of hydrogen-bond acceptors (Lipinski definition) is 5. The third-order valence-corrected chi connectivity index (χ3v) is 3.39. The van der Waals surface area contributed by atoms with Gasteiger partial charge in [0.15, 0.2) is 0 Å². The molecule has 0 amide bonds. The van der Waals surface area contributed by atoms with Gasteiger partial charge >= 0.3 is 0 Å². The third kappa shape index (κ3) is 4.09. The molecule has 2 rings (SSSR count). The minimum absolute atomic E-state index is 0.117. The molecule has 19 heavy (non-hydrogen) atoms. The van der Waals surface area contributed by atoms with Crippen LogP contribution in [0.2, 0.25) is 0 Å². The van der Waals surface area contributed by atoms with E-state index in [1.807, 2.05) is 6.07 Å². The fourth-order valence-corrected chi connectivity index (χ4v) is 2.17. The average Bonchev–Trinajstić information content (AvgIpc) is 2.39. The lowest BCUT2D eigenvalue weighted by Crippen LogP contribution is -2.15. The Morgan fingerprint density at radius 3 is 2.74 bits per heavy atom. The molecule has 7 heteroatoms. The molecular weight excluding hydrogens is 264 g/mol. The fraction of sp³-hybridized carbons (Fsp3) is 0.167. The lowest BCUT2D eigenvalue weighted by atomic mass is 10.2. The molecule has 0 bridgehead atoms. The second-order valence-corrected chi connectivity index (χ2v) is 5.55. The topological polar surface area (TPSA) is 98.0 Å². The number of benzene rings is 1. The van der Waals surface area contributed by atoms with E-state index in [1.54, 1.807) is 30.7 Å². The molecule has 0 aliphatic heterocycles. The molecule has 0 saturated heterocycles. The number of nitrogens with one attached hydrogen (secondary N) is 1. The van der Waals surface area contributed by atoms with Gasteiger partial charge in [-0.1, -0.05) is 12.1 Å². The summed E-state index contributed by atoms with van der Waals surface area (Å²) in [5.74, 6) is 0. The van der Waals surface area contributed by atoms with Gasteiger partial charge in [-0.3, -0.25) is 9.97 Å². The van der Waals surface area contributed by atoms with Gasteiger partial charge in [0.25, 0.3) is 0 Å². The molecular formula is C12H14N4O2S. The fourth-order valence-electron chi connectivity index (χ4n) is 1.59. The van der Waals surface area contributed by atoms with Crippen molar-refractivity contribution in [2.75, 3.05) is 0 Å². The number of hydrogen-bond donors (Lipinski definition) is 2. The van der Waals surface area contributed by atoms with E-state index in [9.17, 15) is 8.42 Å². The molecule has 0 unspecified atom stereocenters. The summed E-state index contributed by atoms with van der Waals surface area (Å²) in [6, 6.07) is 6.53. The van der Waals surface area contributed by atoms with Crippen molar-refractivity contribution in [2.24, 2.45) is 5.14 Å². The van der Waals surface area contributed by atoms with Crippen LogP contribution >= 0.6 is 0 Å². The number of rotatable bonds is 5. The normalized spacial score (nSPS) is 11.4. The molecule has 1 aromatic heterocycles. The molecule has 0 fully saturated rings. The summed E-state index contributed by atoms with van der Waals surface area (Å²) >= 11 is 0.